The molecule has 0 fully saturated rings. The lowest BCUT2D eigenvalue weighted by atomic mass is 10.4. The fraction of sp³-hybridized carbons (Fsp3) is 0.667. The minimum atomic E-state index is -3.51. The van der Waals surface area contributed by atoms with Crippen molar-refractivity contribution in [3.63, 3.8) is 0 Å². The fourth-order valence-electron chi connectivity index (χ4n) is 1.71. The van der Waals surface area contributed by atoms with E-state index >= 15 is 0 Å². The van der Waals surface area contributed by atoms with Gasteiger partial charge < -0.3 is 5.32 Å². The molecule has 0 atom stereocenters. The molecule has 6 nitrogen and oxygen atoms in total. The van der Waals surface area contributed by atoms with Crippen LogP contribution in [0.2, 0.25) is 0 Å². The standard InChI is InChI=1S/C12H22N4O2S/c1-5-7-16(10(3)4)19(17,18)11-8-14-12(13-6-2)15-9-11/h8-10H,5-7H2,1-4H3,(H,13,14,15). The number of nitrogens with zero attached hydrogens (tertiary/aromatic N) is 3. The summed E-state index contributed by atoms with van der Waals surface area (Å²) in [5, 5.41) is 2.93. The zero-order valence-electron chi connectivity index (χ0n) is 11.9. The Morgan fingerprint density at radius 2 is 1.84 bits per heavy atom. The van der Waals surface area contributed by atoms with Crippen LogP contribution in [-0.4, -0.2) is 41.8 Å². The van der Waals surface area contributed by atoms with Crippen LogP contribution >= 0.6 is 0 Å². The van der Waals surface area contributed by atoms with E-state index in [1.54, 1.807) is 0 Å². The Kier molecular flexibility index (Phi) is 5.68. The first-order valence-electron chi connectivity index (χ1n) is 6.51. The number of aromatic nitrogens is 2. The van der Waals surface area contributed by atoms with Gasteiger partial charge in [0.25, 0.3) is 0 Å². The number of hydrogen-bond acceptors (Lipinski definition) is 5. The molecule has 7 heteroatoms. The summed E-state index contributed by atoms with van der Waals surface area (Å²) in [5.41, 5.74) is 0. The summed E-state index contributed by atoms with van der Waals surface area (Å²) in [7, 11) is -3.51. The van der Waals surface area contributed by atoms with Crippen molar-refractivity contribution in [2.75, 3.05) is 18.4 Å². The van der Waals surface area contributed by atoms with Gasteiger partial charge in [-0.05, 0) is 27.2 Å². The molecule has 0 aliphatic rings. The molecule has 0 radical (unpaired) electrons. The smallest absolute Gasteiger partial charge is 0.246 e. The van der Waals surface area contributed by atoms with E-state index in [4.69, 9.17) is 0 Å². The molecule has 0 aliphatic carbocycles. The van der Waals surface area contributed by atoms with Crippen LogP contribution in [0.25, 0.3) is 0 Å². The van der Waals surface area contributed by atoms with Crippen LogP contribution in [0.3, 0.4) is 0 Å². The molecule has 0 saturated carbocycles. The summed E-state index contributed by atoms with van der Waals surface area (Å²) in [6, 6.07) is -0.0848. The molecule has 108 valence electrons. The second-order valence-electron chi connectivity index (χ2n) is 4.48. The molecule has 0 bridgehead atoms. The predicted molar refractivity (Wildman–Crippen MR) is 75.5 cm³/mol. The Morgan fingerprint density at radius 3 is 2.26 bits per heavy atom. The molecule has 1 heterocycles. The van der Waals surface area contributed by atoms with E-state index in [9.17, 15) is 8.42 Å². The third-order valence-corrected chi connectivity index (χ3v) is 4.62. The van der Waals surface area contributed by atoms with Crippen molar-refractivity contribution in [2.24, 2.45) is 0 Å². The molecule has 0 spiro atoms. The second-order valence-corrected chi connectivity index (χ2v) is 6.37. The molecular formula is C12H22N4O2S. The lowest BCUT2D eigenvalue weighted by Gasteiger charge is -2.25. The van der Waals surface area contributed by atoms with Gasteiger partial charge in [0.1, 0.15) is 4.90 Å². The molecule has 1 rings (SSSR count). The predicted octanol–water partition coefficient (Wildman–Crippen LogP) is 1.72. The maximum atomic E-state index is 12.5. The van der Waals surface area contributed by atoms with Crippen LogP contribution in [0.5, 0.6) is 0 Å². The number of rotatable bonds is 7. The van der Waals surface area contributed by atoms with Crippen molar-refractivity contribution in [1.82, 2.24) is 14.3 Å². The Bertz CT molecular complexity index is 485. The van der Waals surface area contributed by atoms with E-state index in [-0.39, 0.29) is 10.9 Å². The quantitative estimate of drug-likeness (QED) is 0.826. The van der Waals surface area contributed by atoms with Crippen LogP contribution in [0.15, 0.2) is 17.3 Å². The zero-order valence-corrected chi connectivity index (χ0v) is 12.7. The third-order valence-electron chi connectivity index (χ3n) is 2.59. The minimum Gasteiger partial charge on any atom is -0.355 e. The van der Waals surface area contributed by atoms with Gasteiger partial charge in [-0.1, -0.05) is 6.92 Å². The van der Waals surface area contributed by atoms with Crippen LogP contribution < -0.4 is 5.32 Å². The summed E-state index contributed by atoms with van der Waals surface area (Å²) in [4.78, 5) is 8.15. The highest BCUT2D eigenvalue weighted by Gasteiger charge is 2.26. The molecule has 0 unspecified atom stereocenters. The van der Waals surface area contributed by atoms with Crippen molar-refractivity contribution >= 4 is 16.0 Å². The fourth-order valence-corrected chi connectivity index (χ4v) is 3.33. The monoisotopic (exact) mass is 286 g/mol. The van der Waals surface area contributed by atoms with E-state index in [0.717, 1.165) is 6.42 Å². The lowest BCUT2D eigenvalue weighted by molar-refractivity contribution is 0.354. The molecule has 0 aliphatic heterocycles. The molecule has 0 aromatic carbocycles. The van der Waals surface area contributed by atoms with Crippen molar-refractivity contribution in [3.8, 4) is 0 Å². The van der Waals surface area contributed by atoms with Gasteiger partial charge in [-0.25, -0.2) is 18.4 Å². The Balaban J connectivity index is 3.04. The van der Waals surface area contributed by atoms with Crippen LogP contribution in [0.4, 0.5) is 5.95 Å². The van der Waals surface area contributed by atoms with Gasteiger partial charge in [0.15, 0.2) is 0 Å². The maximum Gasteiger partial charge on any atom is 0.246 e. The Hall–Kier alpha value is -1.21. The molecule has 0 saturated heterocycles. The van der Waals surface area contributed by atoms with Crippen molar-refractivity contribution < 1.29 is 8.42 Å². The van der Waals surface area contributed by atoms with E-state index in [0.29, 0.717) is 19.0 Å². The van der Waals surface area contributed by atoms with E-state index in [1.807, 2.05) is 27.7 Å². The van der Waals surface area contributed by atoms with Crippen molar-refractivity contribution in [2.45, 2.75) is 45.1 Å². The number of nitrogens with one attached hydrogen (secondary N) is 1. The first-order valence-corrected chi connectivity index (χ1v) is 7.95. The van der Waals surface area contributed by atoms with Gasteiger partial charge in [0.2, 0.25) is 16.0 Å². The summed E-state index contributed by atoms with van der Waals surface area (Å²) in [5.74, 6) is 0.438. The third kappa shape index (κ3) is 3.87. The molecular weight excluding hydrogens is 264 g/mol. The number of hydrogen-bond donors (Lipinski definition) is 1. The van der Waals surface area contributed by atoms with Gasteiger partial charge in [-0.15, -0.1) is 0 Å². The summed E-state index contributed by atoms with van der Waals surface area (Å²) in [6.07, 6.45) is 3.48. The van der Waals surface area contributed by atoms with Gasteiger partial charge in [-0.2, -0.15) is 4.31 Å². The zero-order chi connectivity index (χ0) is 14.5. The van der Waals surface area contributed by atoms with Gasteiger partial charge in [0, 0.05) is 19.1 Å². The normalized spacial score (nSPS) is 12.1. The number of anilines is 1. The topological polar surface area (TPSA) is 75.2 Å². The summed E-state index contributed by atoms with van der Waals surface area (Å²) in [6.45, 7) is 8.79. The molecule has 0 amide bonds. The van der Waals surface area contributed by atoms with E-state index < -0.39 is 10.0 Å². The Labute approximate surface area is 115 Å². The van der Waals surface area contributed by atoms with Crippen LogP contribution in [0.1, 0.15) is 34.1 Å². The van der Waals surface area contributed by atoms with Gasteiger partial charge >= 0.3 is 0 Å². The minimum absolute atomic E-state index is 0.0848. The SMILES string of the molecule is CCCN(C(C)C)S(=O)(=O)c1cnc(NCC)nc1. The van der Waals surface area contributed by atoms with E-state index in [1.165, 1.54) is 16.7 Å². The molecule has 1 aromatic heterocycles. The average Bonchev–Trinajstić information content (AvgIpc) is 2.36. The highest BCUT2D eigenvalue weighted by atomic mass is 32.2. The largest absolute Gasteiger partial charge is 0.355 e. The second kappa shape index (κ2) is 6.81. The molecule has 1 aromatic rings. The highest BCUT2D eigenvalue weighted by molar-refractivity contribution is 7.89. The Morgan fingerprint density at radius 1 is 1.26 bits per heavy atom. The highest BCUT2D eigenvalue weighted by Crippen LogP contribution is 2.17. The van der Waals surface area contributed by atoms with Crippen molar-refractivity contribution in [1.29, 1.82) is 0 Å². The average molecular weight is 286 g/mol. The maximum absolute atomic E-state index is 12.5. The van der Waals surface area contributed by atoms with Gasteiger partial charge in [0.05, 0.1) is 12.4 Å². The van der Waals surface area contributed by atoms with E-state index in [2.05, 4.69) is 15.3 Å². The first-order chi connectivity index (χ1) is 8.93. The lowest BCUT2D eigenvalue weighted by Crippen LogP contribution is -2.37. The van der Waals surface area contributed by atoms with Gasteiger partial charge in [-0.3, -0.25) is 0 Å². The van der Waals surface area contributed by atoms with Crippen molar-refractivity contribution in [3.05, 3.63) is 12.4 Å². The molecule has 19 heavy (non-hydrogen) atoms. The van der Waals surface area contributed by atoms with Crippen LogP contribution in [-0.2, 0) is 10.0 Å². The summed E-state index contributed by atoms with van der Waals surface area (Å²) >= 11 is 0. The van der Waals surface area contributed by atoms with Crippen LogP contribution in [0, 0.1) is 0 Å². The molecule has 1 N–H and O–H groups in total. The number of sulfonamides is 1. The summed E-state index contributed by atoms with van der Waals surface area (Å²) < 4.78 is 26.4. The first kappa shape index (κ1) is 15.8.